The van der Waals surface area contributed by atoms with Crippen LogP contribution in [-0.2, 0) is 14.8 Å². The lowest BCUT2D eigenvalue weighted by Crippen LogP contribution is -2.26. The maximum atomic E-state index is 12.3. The molecule has 8 heteroatoms. The normalized spacial score (nSPS) is 20.4. The van der Waals surface area contributed by atoms with Crippen molar-refractivity contribution in [1.29, 1.82) is 0 Å². The SMILES string of the molecule is COc1ccc(S(=O)(=O)NC2CC2)cc1NC(=O)CCC1CCNC1. The standard InChI is InChI=1S/C17H25N3O4S/c1-24-16-6-5-14(25(22,23)20-13-3-4-13)10-15(16)19-17(21)7-2-12-8-9-18-11-12/h5-6,10,12-13,18,20H,2-4,7-9,11H2,1H3,(H,19,21). The maximum Gasteiger partial charge on any atom is 0.240 e. The van der Waals surface area contributed by atoms with E-state index in [-0.39, 0.29) is 16.8 Å². The molecule has 1 atom stereocenters. The molecular weight excluding hydrogens is 342 g/mol. The monoisotopic (exact) mass is 367 g/mol. The number of hydrogen-bond donors (Lipinski definition) is 3. The summed E-state index contributed by atoms with van der Waals surface area (Å²) in [6, 6.07) is 4.55. The molecule has 1 aromatic carbocycles. The van der Waals surface area contributed by atoms with Crippen LogP contribution in [0, 0.1) is 5.92 Å². The van der Waals surface area contributed by atoms with E-state index in [1.165, 1.54) is 19.2 Å². The van der Waals surface area contributed by atoms with Crippen LogP contribution in [0.25, 0.3) is 0 Å². The summed E-state index contributed by atoms with van der Waals surface area (Å²) in [4.78, 5) is 12.4. The van der Waals surface area contributed by atoms with Gasteiger partial charge in [0.15, 0.2) is 0 Å². The third kappa shape index (κ3) is 4.93. The Hall–Kier alpha value is -1.64. The van der Waals surface area contributed by atoms with Crippen molar-refractivity contribution in [3.05, 3.63) is 18.2 Å². The zero-order valence-corrected chi connectivity index (χ0v) is 15.2. The largest absolute Gasteiger partial charge is 0.495 e. The Balaban J connectivity index is 1.67. The Labute approximate surface area is 148 Å². The van der Waals surface area contributed by atoms with Gasteiger partial charge in [-0.05, 0) is 62.9 Å². The molecule has 1 unspecified atom stereocenters. The van der Waals surface area contributed by atoms with E-state index in [2.05, 4.69) is 15.4 Å². The molecule has 3 rings (SSSR count). The number of sulfonamides is 1. The molecule has 25 heavy (non-hydrogen) atoms. The van der Waals surface area contributed by atoms with Crippen molar-refractivity contribution in [1.82, 2.24) is 10.0 Å². The average molecular weight is 367 g/mol. The molecule has 0 aromatic heterocycles. The van der Waals surface area contributed by atoms with Gasteiger partial charge in [0.25, 0.3) is 0 Å². The molecule has 1 aromatic rings. The van der Waals surface area contributed by atoms with Gasteiger partial charge in [0, 0.05) is 12.5 Å². The molecule has 2 aliphatic rings. The molecule has 138 valence electrons. The lowest BCUT2D eigenvalue weighted by atomic mass is 10.0. The highest BCUT2D eigenvalue weighted by atomic mass is 32.2. The smallest absolute Gasteiger partial charge is 0.240 e. The Morgan fingerprint density at radius 2 is 2.12 bits per heavy atom. The number of nitrogens with one attached hydrogen (secondary N) is 3. The van der Waals surface area contributed by atoms with E-state index >= 15 is 0 Å². The summed E-state index contributed by atoms with van der Waals surface area (Å²) in [5, 5.41) is 6.07. The van der Waals surface area contributed by atoms with Crippen LogP contribution >= 0.6 is 0 Å². The van der Waals surface area contributed by atoms with Crippen LogP contribution in [0.5, 0.6) is 5.75 Å². The molecule has 2 fully saturated rings. The Morgan fingerprint density at radius 1 is 1.32 bits per heavy atom. The van der Waals surface area contributed by atoms with Crippen LogP contribution in [0.4, 0.5) is 5.69 Å². The lowest BCUT2D eigenvalue weighted by Gasteiger charge is -2.13. The summed E-state index contributed by atoms with van der Waals surface area (Å²) in [5.41, 5.74) is 0.385. The van der Waals surface area contributed by atoms with E-state index in [9.17, 15) is 13.2 Å². The van der Waals surface area contributed by atoms with Crippen LogP contribution in [0.2, 0.25) is 0 Å². The predicted octanol–water partition coefficient (Wildman–Crippen LogP) is 1.46. The van der Waals surface area contributed by atoms with E-state index in [4.69, 9.17) is 4.74 Å². The van der Waals surface area contributed by atoms with Crippen molar-refractivity contribution in [2.45, 2.75) is 43.0 Å². The molecule has 7 nitrogen and oxygen atoms in total. The number of carbonyl (C=O) groups excluding carboxylic acids is 1. The lowest BCUT2D eigenvalue weighted by molar-refractivity contribution is -0.116. The van der Waals surface area contributed by atoms with E-state index in [1.54, 1.807) is 6.07 Å². The number of anilines is 1. The van der Waals surface area contributed by atoms with Gasteiger partial charge in [-0.15, -0.1) is 0 Å². The topological polar surface area (TPSA) is 96.5 Å². The molecule has 1 aliphatic carbocycles. The minimum absolute atomic E-state index is 0.0326. The number of carbonyl (C=O) groups is 1. The summed E-state index contributed by atoms with van der Waals surface area (Å²) < 4.78 is 32.6. The van der Waals surface area contributed by atoms with Gasteiger partial charge >= 0.3 is 0 Å². The fraction of sp³-hybridized carbons (Fsp3) is 0.588. The third-order valence-corrected chi connectivity index (χ3v) is 6.11. The molecule has 0 spiro atoms. The number of ether oxygens (including phenoxy) is 1. The van der Waals surface area contributed by atoms with Crippen LogP contribution in [0.3, 0.4) is 0 Å². The second-order valence-electron chi connectivity index (χ2n) is 6.70. The number of methoxy groups -OCH3 is 1. The summed E-state index contributed by atoms with van der Waals surface area (Å²) >= 11 is 0. The van der Waals surface area contributed by atoms with Gasteiger partial charge in [0.1, 0.15) is 5.75 Å². The van der Waals surface area contributed by atoms with Crippen LogP contribution in [0.15, 0.2) is 23.1 Å². The predicted molar refractivity (Wildman–Crippen MR) is 95.2 cm³/mol. The van der Waals surface area contributed by atoms with Gasteiger partial charge in [-0.2, -0.15) is 0 Å². The van der Waals surface area contributed by atoms with Gasteiger partial charge in [-0.1, -0.05) is 0 Å². The van der Waals surface area contributed by atoms with Crippen LogP contribution in [-0.4, -0.2) is 40.6 Å². The third-order valence-electron chi connectivity index (χ3n) is 4.60. The molecule has 1 saturated heterocycles. The average Bonchev–Trinajstić information content (AvgIpc) is 3.23. The molecule has 1 amide bonds. The summed E-state index contributed by atoms with van der Waals surface area (Å²) in [5.74, 6) is 0.846. The highest BCUT2D eigenvalue weighted by Gasteiger charge is 2.28. The minimum Gasteiger partial charge on any atom is -0.495 e. The van der Waals surface area contributed by atoms with E-state index in [1.807, 2.05) is 0 Å². The van der Waals surface area contributed by atoms with Gasteiger partial charge in [0.05, 0.1) is 17.7 Å². The van der Waals surface area contributed by atoms with Crippen molar-refractivity contribution in [2.75, 3.05) is 25.5 Å². The first-order valence-electron chi connectivity index (χ1n) is 8.69. The molecule has 3 N–H and O–H groups in total. The van der Waals surface area contributed by atoms with Crippen LogP contribution < -0.4 is 20.1 Å². The Bertz CT molecular complexity index is 725. The number of amides is 1. The highest BCUT2D eigenvalue weighted by Crippen LogP contribution is 2.29. The fourth-order valence-electron chi connectivity index (χ4n) is 2.95. The first-order chi connectivity index (χ1) is 12.0. The first-order valence-corrected chi connectivity index (χ1v) is 10.2. The van der Waals surface area contributed by atoms with Crippen molar-refractivity contribution in [2.24, 2.45) is 5.92 Å². The summed E-state index contributed by atoms with van der Waals surface area (Å²) in [7, 11) is -2.08. The quantitative estimate of drug-likeness (QED) is 0.646. The van der Waals surface area contributed by atoms with E-state index < -0.39 is 10.0 Å². The van der Waals surface area contributed by atoms with Crippen LogP contribution in [0.1, 0.15) is 32.1 Å². The number of hydrogen-bond acceptors (Lipinski definition) is 5. The molecule has 0 bridgehead atoms. The molecule has 1 heterocycles. The van der Waals surface area contributed by atoms with Gasteiger partial charge in [-0.3, -0.25) is 4.79 Å². The minimum atomic E-state index is -3.57. The molecule has 1 aliphatic heterocycles. The Kier molecular flexibility index (Phi) is 5.61. The number of benzene rings is 1. The van der Waals surface area contributed by atoms with E-state index in [0.29, 0.717) is 23.8 Å². The molecular formula is C17H25N3O4S. The Morgan fingerprint density at radius 3 is 2.76 bits per heavy atom. The second kappa shape index (κ2) is 7.72. The zero-order chi connectivity index (χ0) is 17.9. The number of rotatable bonds is 8. The molecule has 0 radical (unpaired) electrons. The summed E-state index contributed by atoms with van der Waals surface area (Å²) in [6.07, 6.45) is 4.07. The van der Waals surface area contributed by atoms with Gasteiger partial charge in [-0.25, -0.2) is 13.1 Å². The fourth-order valence-corrected chi connectivity index (χ4v) is 4.28. The molecule has 1 saturated carbocycles. The summed E-state index contributed by atoms with van der Waals surface area (Å²) in [6.45, 7) is 1.96. The van der Waals surface area contributed by atoms with Crippen molar-refractivity contribution >= 4 is 21.6 Å². The maximum absolute atomic E-state index is 12.3. The van der Waals surface area contributed by atoms with Crippen molar-refractivity contribution < 1.29 is 17.9 Å². The van der Waals surface area contributed by atoms with Gasteiger partial charge in [0.2, 0.25) is 15.9 Å². The van der Waals surface area contributed by atoms with Crippen molar-refractivity contribution in [3.8, 4) is 5.75 Å². The van der Waals surface area contributed by atoms with Gasteiger partial charge < -0.3 is 15.4 Å². The second-order valence-corrected chi connectivity index (χ2v) is 8.42. The highest BCUT2D eigenvalue weighted by molar-refractivity contribution is 7.89. The van der Waals surface area contributed by atoms with E-state index in [0.717, 1.165) is 38.8 Å². The first kappa shape index (κ1) is 18.2. The zero-order valence-electron chi connectivity index (χ0n) is 14.4. The van der Waals surface area contributed by atoms with Crippen molar-refractivity contribution in [3.63, 3.8) is 0 Å².